The Kier molecular flexibility index (Phi) is 7.60. The summed E-state index contributed by atoms with van der Waals surface area (Å²) in [6, 6.07) is 9.88. The van der Waals surface area contributed by atoms with Crippen LogP contribution in [-0.2, 0) is 19.5 Å². The summed E-state index contributed by atoms with van der Waals surface area (Å²) in [6.07, 6.45) is 2.99. The number of nitrogens with zero attached hydrogens (tertiary/aromatic N) is 2. The number of sulfonamides is 1. The lowest BCUT2D eigenvalue weighted by Crippen LogP contribution is -2.40. The van der Waals surface area contributed by atoms with Crippen LogP contribution >= 0.6 is 0 Å². The maximum absolute atomic E-state index is 13.9. The Labute approximate surface area is 198 Å². The lowest BCUT2D eigenvalue weighted by Gasteiger charge is -2.31. The fraction of sp³-hybridized carbons (Fsp3) is 0.417. The van der Waals surface area contributed by atoms with Crippen molar-refractivity contribution in [2.75, 3.05) is 50.9 Å². The number of anilines is 1. The normalized spacial score (nSPS) is 17.4. The molecule has 0 unspecified atom stereocenters. The van der Waals surface area contributed by atoms with Crippen LogP contribution in [0.15, 0.2) is 47.4 Å². The van der Waals surface area contributed by atoms with Crippen LogP contribution in [-0.4, -0.2) is 70.5 Å². The van der Waals surface area contributed by atoms with Gasteiger partial charge in [0, 0.05) is 26.2 Å². The van der Waals surface area contributed by atoms with Gasteiger partial charge in [0.2, 0.25) is 15.8 Å². The van der Waals surface area contributed by atoms with Gasteiger partial charge in [-0.15, -0.1) is 0 Å². The van der Waals surface area contributed by atoms with Crippen LogP contribution in [0.25, 0.3) is 0 Å². The summed E-state index contributed by atoms with van der Waals surface area (Å²) in [4.78, 5) is 27.4. The number of hydrogen-bond donors (Lipinski definition) is 0. The zero-order valence-corrected chi connectivity index (χ0v) is 19.6. The van der Waals surface area contributed by atoms with Crippen LogP contribution in [0.5, 0.6) is 0 Å². The Balaban J connectivity index is 1.61. The van der Waals surface area contributed by atoms with Crippen molar-refractivity contribution in [2.24, 2.45) is 0 Å². The fourth-order valence-corrected chi connectivity index (χ4v) is 5.59. The Morgan fingerprint density at radius 1 is 0.941 bits per heavy atom. The number of Topliss-reactive ketones (excluding diaryl/α,β-unsaturated/α-hetero) is 1. The van der Waals surface area contributed by atoms with Crippen molar-refractivity contribution in [3.05, 3.63) is 59.4 Å². The van der Waals surface area contributed by atoms with Crippen molar-refractivity contribution in [3.8, 4) is 0 Å². The first-order valence-electron chi connectivity index (χ1n) is 11.3. The third-order valence-electron chi connectivity index (χ3n) is 6.00. The van der Waals surface area contributed by atoms with Gasteiger partial charge in [-0.2, -0.15) is 4.31 Å². The van der Waals surface area contributed by atoms with E-state index in [1.54, 1.807) is 6.07 Å². The highest BCUT2D eigenvalue weighted by atomic mass is 32.2. The van der Waals surface area contributed by atoms with E-state index in [2.05, 4.69) is 0 Å². The Hall–Kier alpha value is -2.82. The SMILES string of the molecule is O=C(COC(=O)c1cc(S(=O)(=O)N2CCOCC2)ccc1N1CCCCC1)c1ccccc1F. The van der Waals surface area contributed by atoms with Gasteiger partial charge in [-0.1, -0.05) is 12.1 Å². The minimum Gasteiger partial charge on any atom is -0.454 e. The molecule has 182 valence electrons. The van der Waals surface area contributed by atoms with Crippen LogP contribution in [0.2, 0.25) is 0 Å². The smallest absolute Gasteiger partial charge is 0.340 e. The molecule has 2 saturated heterocycles. The first-order valence-corrected chi connectivity index (χ1v) is 12.7. The third-order valence-corrected chi connectivity index (χ3v) is 7.90. The molecule has 2 aromatic carbocycles. The number of benzene rings is 2. The Bertz CT molecular complexity index is 1160. The molecule has 0 amide bonds. The van der Waals surface area contributed by atoms with Gasteiger partial charge in [-0.3, -0.25) is 4.79 Å². The van der Waals surface area contributed by atoms with Crippen LogP contribution in [0.4, 0.5) is 10.1 Å². The van der Waals surface area contributed by atoms with Crippen LogP contribution < -0.4 is 4.90 Å². The average Bonchev–Trinajstić information content (AvgIpc) is 2.88. The van der Waals surface area contributed by atoms with Gasteiger partial charge < -0.3 is 14.4 Å². The number of ether oxygens (including phenoxy) is 2. The number of carbonyl (C=O) groups is 2. The fourth-order valence-electron chi connectivity index (χ4n) is 4.16. The first-order chi connectivity index (χ1) is 16.4. The van der Waals surface area contributed by atoms with Crippen molar-refractivity contribution in [2.45, 2.75) is 24.2 Å². The topological polar surface area (TPSA) is 93.2 Å². The highest BCUT2D eigenvalue weighted by molar-refractivity contribution is 7.89. The van der Waals surface area contributed by atoms with E-state index in [-0.39, 0.29) is 29.1 Å². The van der Waals surface area contributed by atoms with E-state index >= 15 is 0 Å². The molecular weight excluding hydrogens is 463 g/mol. The Morgan fingerprint density at radius 2 is 1.65 bits per heavy atom. The quantitative estimate of drug-likeness (QED) is 0.435. The van der Waals surface area contributed by atoms with Crippen molar-refractivity contribution in [1.82, 2.24) is 4.31 Å². The zero-order chi connectivity index (χ0) is 24.1. The van der Waals surface area contributed by atoms with E-state index in [0.29, 0.717) is 18.9 Å². The maximum Gasteiger partial charge on any atom is 0.340 e. The van der Waals surface area contributed by atoms with Crippen molar-refractivity contribution < 1.29 is 31.9 Å². The molecule has 2 aliphatic rings. The van der Waals surface area contributed by atoms with Crippen molar-refractivity contribution in [1.29, 1.82) is 0 Å². The zero-order valence-electron chi connectivity index (χ0n) is 18.7. The van der Waals surface area contributed by atoms with E-state index in [9.17, 15) is 22.4 Å². The lowest BCUT2D eigenvalue weighted by molar-refractivity contribution is 0.0473. The Morgan fingerprint density at radius 3 is 2.35 bits per heavy atom. The van der Waals surface area contributed by atoms with Gasteiger partial charge in [0.15, 0.2) is 6.61 Å². The number of halogens is 1. The number of ketones is 1. The average molecular weight is 491 g/mol. The predicted octanol–water partition coefficient (Wildman–Crippen LogP) is 2.88. The summed E-state index contributed by atoms with van der Waals surface area (Å²) >= 11 is 0. The third kappa shape index (κ3) is 5.29. The second-order valence-electron chi connectivity index (χ2n) is 8.22. The van der Waals surface area contributed by atoms with E-state index < -0.39 is 34.2 Å². The molecule has 2 aromatic rings. The van der Waals surface area contributed by atoms with Gasteiger partial charge in [0.05, 0.1) is 34.9 Å². The van der Waals surface area contributed by atoms with E-state index in [1.807, 2.05) is 4.90 Å². The molecule has 10 heteroatoms. The van der Waals surface area contributed by atoms with Crippen LogP contribution in [0.1, 0.15) is 40.0 Å². The van der Waals surface area contributed by atoms with E-state index in [0.717, 1.165) is 38.4 Å². The second-order valence-corrected chi connectivity index (χ2v) is 10.2. The van der Waals surface area contributed by atoms with Gasteiger partial charge in [0.25, 0.3) is 0 Å². The molecular formula is C24H27FN2O6S. The summed E-state index contributed by atoms with van der Waals surface area (Å²) in [7, 11) is -3.83. The van der Waals surface area contributed by atoms with Gasteiger partial charge in [0.1, 0.15) is 5.82 Å². The van der Waals surface area contributed by atoms with Gasteiger partial charge >= 0.3 is 5.97 Å². The molecule has 2 heterocycles. The van der Waals surface area contributed by atoms with Crippen LogP contribution in [0, 0.1) is 5.82 Å². The molecule has 0 N–H and O–H groups in total. The number of morpholine rings is 1. The summed E-state index contributed by atoms with van der Waals surface area (Å²) in [6.45, 7) is 1.87. The number of hydrogen-bond acceptors (Lipinski definition) is 7. The first kappa shape index (κ1) is 24.3. The number of piperidine rings is 1. The minimum atomic E-state index is -3.83. The summed E-state index contributed by atoms with van der Waals surface area (Å²) in [5.74, 6) is -2.21. The minimum absolute atomic E-state index is 0.0254. The van der Waals surface area contributed by atoms with Crippen LogP contribution in [0.3, 0.4) is 0 Å². The number of carbonyl (C=O) groups excluding carboxylic acids is 2. The summed E-state index contributed by atoms with van der Waals surface area (Å²) in [5.41, 5.74) is 0.455. The summed E-state index contributed by atoms with van der Waals surface area (Å²) in [5, 5.41) is 0. The molecule has 2 fully saturated rings. The van der Waals surface area contributed by atoms with Crippen molar-refractivity contribution >= 4 is 27.5 Å². The molecule has 0 saturated carbocycles. The summed E-state index contributed by atoms with van der Waals surface area (Å²) < 4.78 is 52.0. The number of rotatable bonds is 7. The molecule has 0 radical (unpaired) electrons. The largest absolute Gasteiger partial charge is 0.454 e. The highest BCUT2D eigenvalue weighted by Gasteiger charge is 2.29. The van der Waals surface area contributed by atoms with Gasteiger partial charge in [-0.05, 0) is 49.6 Å². The van der Waals surface area contributed by atoms with Crippen molar-refractivity contribution in [3.63, 3.8) is 0 Å². The second kappa shape index (κ2) is 10.6. The predicted molar refractivity (Wildman–Crippen MR) is 123 cm³/mol. The van der Waals surface area contributed by atoms with E-state index in [1.165, 1.54) is 34.6 Å². The molecule has 0 aromatic heterocycles. The molecule has 4 rings (SSSR count). The molecule has 2 aliphatic heterocycles. The number of esters is 1. The lowest BCUT2D eigenvalue weighted by atomic mass is 10.1. The molecule has 0 aliphatic carbocycles. The maximum atomic E-state index is 13.9. The monoisotopic (exact) mass is 490 g/mol. The van der Waals surface area contributed by atoms with Gasteiger partial charge in [-0.25, -0.2) is 17.6 Å². The molecule has 0 spiro atoms. The highest BCUT2D eigenvalue weighted by Crippen LogP contribution is 2.29. The standard InChI is InChI=1S/C24H27FN2O6S/c25-21-7-3-2-6-19(21)23(28)17-33-24(29)20-16-18(34(30,31)27-12-14-32-15-13-27)8-9-22(20)26-10-4-1-5-11-26/h2-3,6-9,16H,1,4-5,10-15,17H2. The molecule has 34 heavy (non-hydrogen) atoms. The van der Waals surface area contributed by atoms with E-state index in [4.69, 9.17) is 9.47 Å². The molecule has 0 bridgehead atoms. The molecule has 8 nitrogen and oxygen atoms in total. The molecule has 0 atom stereocenters.